The van der Waals surface area contributed by atoms with Crippen LogP contribution in [-0.2, 0) is 9.53 Å². The van der Waals surface area contributed by atoms with E-state index in [9.17, 15) is 4.79 Å². The van der Waals surface area contributed by atoms with Crippen LogP contribution in [0.1, 0.15) is 26.3 Å². The van der Waals surface area contributed by atoms with Gasteiger partial charge in [-0.2, -0.15) is 0 Å². The molecule has 136 valence electrons. The molecule has 0 spiro atoms. The van der Waals surface area contributed by atoms with Crippen LogP contribution in [0.5, 0.6) is 0 Å². The van der Waals surface area contributed by atoms with Crippen molar-refractivity contribution in [2.75, 3.05) is 32.6 Å². The predicted octanol–water partition coefficient (Wildman–Crippen LogP) is 1.83. The average Bonchev–Trinajstić information content (AvgIpc) is 2.57. The van der Waals surface area contributed by atoms with Gasteiger partial charge < -0.3 is 20.7 Å². The number of guanidine groups is 1. The molecule has 1 rings (SSSR count). The molecule has 0 saturated heterocycles. The maximum Gasteiger partial charge on any atom is 0.243 e. The minimum atomic E-state index is -0.184. The minimum Gasteiger partial charge on any atom is -0.379 e. The fraction of sp³-hybridized carbons (Fsp3) is 0.474. The first kappa shape index (κ1) is 20.5. The number of aliphatic imine (C=N–C) groups is 1. The van der Waals surface area contributed by atoms with Crippen LogP contribution in [0.15, 0.2) is 29.3 Å². The molecular formula is C19H28N4O2. The van der Waals surface area contributed by atoms with E-state index in [1.54, 1.807) is 38.4 Å². The van der Waals surface area contributed by atoms with Gasteiger partial charge in [-0.3, -0.25) is 9.79 Å². The van der Waals surface area contributed by atoms with Gasteiger partial charge >= 0.3 is 0 Å². The van der Waals surface area contributed by atoms with Gasteiger partial charge in [-0.05, 0) is 23.6 Å². The number of anilines is 1. The van der Waals surface area contributed by atoms with Crippen LogP contribution in [-0.4, -0.2) is 45.2 Å². The zero-order valence-electron chi connectivity index (χ0n) is 15.6. The van der Waals surface area contributed by atoms with Gasteiger partial charge in [0.15, 0.2) is 5.96 Å². The van der Waals surface area contributed by atoms with E-state index in [2.05, 4.69) is 47.6 Å². The van der Waals surface area contributed by atoms with Crippen LogP contribution in [0.25, 0.3) is 0 Å². The Morgan fingerprint density at radius 3 is 2.64 bits per heavy atom. The van der Waals surface area contributed by atoms with Crippen molar-refractivity contribution in [3.8, 4) is 12.3 Å². The van der Waals surface area contributed by atoms with Crippen molar-refractivity contribution in [1.82, 2.24) is 10.6 Å². The molecule has 0 heterocycles. The van der Waals surface area contributed by atoms with E-state index >= 15 is 0 Å². The Kier molecular flexibility index (Phi) is 7.96. The van der Waals surface area contributed by atoms with Crippen LogP contribution >= 0.6 is 0 Å². The second-order valence-electron chi connectivity index (χ2n) is 6.67. The highest BCUT2D eigenvalue weighted by atomic mass is 16.5. The van der Waals surface area contributed by atoms with Gasteiger partial charge in [-0.1, -0.05) is 32.8 Å². The number of nitrogens with zero attached hydrogens (tertiary/aromatic N) is 1. The van der Waals surface area contributed by atoms with E-state index in [1.165, 1.54) is 0 Å². The SMILES string of the molecule is C#Cc1cccc(NC(=O)CNC(=NC)NCC(OC)C(C)(C)C)c1. The first-order valence-corrected chi connectivity index (χ1v) is 8.14. The topological polar surface area (TPSA) is 74.8 Å². The Labute approximate surface area is 150 Å². The molecule has 0 aromatic heterocycles. The molecule has 0 aliphatic carbocycles. The molecule has 0 aliphatic rings. The number of ether oxygens (including phenoxy) is 1. The summed E-state index contributed by atoms with van der Waals surface area (Å²) >= 11 is 0. The molecule has 6 nitrogen and oxygen atoms in total. The summed E-state index contributed by atoms with van der Waals surface area (Å²) in [5, 5.41) is 8.94. The fourth-order valence-corrected chi connectivity index (χ4v) is 2.21. The van der Waals surface area contributed by atoms with Gasteiger partial charge in [-0.25, -0.2) is 0 Å². The van der Waals surface area contributed by atoms with E-state index in [0.717, 1.165) is 5.56 Å². The summed E-state index contributed by atoms with van der Waals surface area (Å²) < 4.78 is 5.50. The maximum absolute atomic E-state index is 12.1. The number of amides is 1. The van der Waals surface area contributed by atoms with E-state index in [-0.39, 0.29) is 24.0 Å². The first-order chi connectivity index (χ1) is 11.8. The number of rotatable bonds is 6. The predicted molar refractivity (Wildman–Crippen MR) is 103 cm³/mol. The zero-order valence-corrected chi connectivity index (χ0v) is 15.6. The van der Waals surface area contributed by atoms with Gasteiger partial charge in [0.1, 0.15) is 0 Å². The first-order valence-electron chi connectivity index (χ1n) is 8.14. The number of hydrogen-bond donors (Lipinski definition) is 3. The lowest BCUT2D eigenvalue weighted by molar-refractivity contribution is -0.115. The quantitative estimate of drug-likeness (QED) is 0.418. The van der Waals surface area contributed by atoms with Gasteiger partial charge in [0, 0.05) is 32.0 Å². The number of carbonyl (C=O) groups excluding carboxylic acids is 1. The highest BCUT2D eigenvalue weighted by Crippen LogP contribution is 2.20. The second-order valence-corrected chi connectivity index (χ2v) is 6.67. The van der Waals surface area contributed by atoms with Crippen molar-refractivity contribution in [2.24, 2.45) is 10.4 Å². The Bertz CT molecular complexity index is 642. The van der Waals surface area contributed by atoms with E-state index in [4.69, 9.17) is 11.2 Å². The van der Waals surface area contributed by atoms with E-state index < -0.39 is 0 Å². The molecule has 1 unspecified atom stereocenters. The monoisotopic (exact) mass is 344 g/mol. The Hall–Kier alpha value is -2.52. The van der Waals surface area contributed by atoms with Crippen LogP contribution in [0.3, 0.4) is 0 Å². The largest absolute Gasteiger partial charge is 0.379 e. The number of carbonyl (C=O) groups is 1. The minimum absolute atomic E-state index is 0.0000204. The molecule has 1 atom stereocenters. The van der Waals surface area contributed by atoms with Crippen LogP contribution in [0.4, 0.5) is 5.69 Å². The molecule has 6 heteroatoms. The molecular weight excluding hydrogens is 316 g/mol. The Balaban J connectivity index is 2.49. The summed E-state index contributed by atoms with van der Waals surface area (Å²) in [6.45, 7) is 7.00. The van der Waals surface area contributed by atoms with Crippen LogP contribution < -0.4 is 16.0 Å². The van der Waals surface area contributed by atoms with Crippen molar-refractivity contribution in [3.63, 3.8) is 0 Å². The molecule has 3 N–H and O–H groups in total. The standard InChI is InChI=1S/C19H28N4O2/c1-7-14-9-8-10-15(11-14)23-17(24)13-22-18(20-5)21-12-16(25-6)19(2,3)4/h1,8-11,16H,12-13H2,2-6H3,(H,23,24)(H2,20,21,22). The average molecular weight is 344 g/mol. The van der Waals surface area contributed by atoms with Crippen molar-refractivity contribution >= 4 is 17.6 Å². The van der Waals surface area contributed by atoms with Gasteiger partial charge in [0.25, 0.3) is 0 Å². The molecule has 0 bridgehead atoms. The molecule has 0 fully saturated rings. The van der Waals surface area contributed by atoms with Crippen LogP contribution in [0.2, 0.25) is 0 Å². The number of terminal acetylenes is 1. The van der Waals surface area contributed by atoms with Crippen LogP contribution in [0, 0.1) is 17.8 Å². The summed E-state index contributed by atoms with van der Waals surface area (Å²) in [4.78, 5) is 16.2. The molecule has 1 amide bonds. The summed E-state index contributed by atoms with van der Waals surface area (Å²) in [7, 11) is 3.34. The van der Waals surface area contributed by atoms with Crippen molar-refractivity contribution in [1.29, 1.82) is 0 Å². The molecule has 25 heavy (non-hydrogen) atoms. The van der Waals surface area contributed by atoms with E-state index in [1.807, 2.05) is 0 Å². The maximum atomic E-state index is 12.1. The normalized spacial score (nSPS) is 12.9. The highest BCUT2D eigenvalue weighted by Gasteiger charge is 2.24. The van der Waals surface area contributed by atoms with Crippen molar-refractivity contribution in [3.05, 3.63) is 29.8 Å². The second kappa shape index (κ2) is 9.70. The molecule has 0 radical (unpaired) electrons. The third kappa shape index (κ3) is 7.27. The van der Waals surface area contributed by atoms with Crippen molar-refractivity contribution in [2.45, 2.75) is 26.9 Å². The van der Waals surface area contributed by atoms with E-state index in [0.29, 0.717) is 18.2 Å². The third-order valence-electron chi connectivity index (χ3n) is 3.66. The number of hydrogen-bond acceptors (Lipinski definition) is 3. The molecule has 1 aromatic rings. The summed E-state index contributed by atoms with van der Waals surface area (Å²) in [5.74, 6) is 2.89. The third-order valence-corrected chi connectivity index (χ3v) is 3.66. The van der Waals surface area contributed by atoms with Gasteiger partial charge in [-0.15, -0.1) is 6.42 Å². The van der Waals surface area contributed by atoms with Gasteiger partial charge in [0.2, 0.25) is 5.91 Å². The number of nitrogens with one attached hydrogen (secondary N) is 3. The lowest BCUT2D eigenvalue weighted by atomic mass is 9.89. The molecule has 1 aromatic carbocycles. The Morgan fingerprint density at radius 2 is 2.08 bits per heavy atom. The smallest absolute Gasteiger partial charge is 0.243 e. The summed E-state index contributed by atoms with van der Waals surface area (Å²) in [6, 6.07) is 7.15. The summed E-state index contributed by atoms with van der Waals surface area (Å²) in [5.41, 5.74) is 1.38. The van der Waals surface area contributed by atoms with Crippen molar-refractivity contribution < 1.29 is 9.53 Å². The number of methoxy groups -OCH3 is 1. The Morgan fingerprint density at radius 1 is 1.36 bits per heavy atom. The molecule has 0 saturated carbocycles. The number of benzene rings is 1. The highest BCUT2D eigenvalue weighted by molar-refractivity contribution is 5.95. The zero-order chi connectivity index (χ0) is 18.9. The van der Waals surface area contributed by atoms with Gasteiger partial charge in [0.05, 0.1) is 12.6 Å². The lowest BCUT2D eigenvalue weighted by Gasteiger charge is -2.30. The lowest BCUT2D eigenvalue weighted by Crippen LogP contribution is -2.46. The summed E-state index contributed by atoms with van der Waals surface area (Å²) in [6.07, 6.45) is 5.38. The fourth-order valence-electron chi connectivity index (χ4n) is 2.21. The molecule has 0 aliphatic heterocycles.